The van der Waals surface area contributed by atoms with E-state index < -0.39 is 23.9 Å². The number of aliphatic carboxylic acids is 1. The lowest BCUT2D eigenvalue weighted by atomic mass is 9.98. The molecule has 2 unspecified atom stereocenters. The molecule has 0 bridgehead atoms. The third kappa shape index (κ3) is 4.79. The molecule has 3 N–H and O–H groups in total. The smallest absolute Gasteiger partial charge is 0.407 e. The van der Waals surface area contributed by atoms with Gasteiger partial charge in [-0.1, -0.05) is 62.4 Å². The Labute approximate surface area is 175 Å². The molecular weight excluding hydrogens is 384 g/mol. The van der Waals surface area contributed by atoms with E-state index >= 15 is 0 Å². The monoisotopic (exact) mass is 410 g/mol. The highest BCUT2D eigenvalue weighted by molar-refractivity contribution is 5.80. The first-order chi connectivity index (χ1) is 14.4. The maximum Gasteiger partial charge on any atom is 0.407 e. The predicted octanol–water partition coefficient (Wildman–Crippen LogP) is 3.00. The minimum absolute atomic E-state index is 0.0265. The van der Waals surface area contributed by atoms with Gasteiger partial charge in [-0.15, -0.1) is 0 Å². The molecule has 7 nitrogen and oxygen atoms in total. The minimum atomic E-state index is -0.972. The van der Waals surface area contributed by atoms with Crippen LogP contribution >= 0.6 is 0 Å². The van der Waals surface area contributed by atoms with Crippen molar-refractivity contribution in [3.8, 4) is 11.1 Å². The van der Waals surface area contributed by atoms with Gasteiger partial charge < -0.3 is 20.5 Å². The second-order valence-corrected chi connectivity index (χ2v) is 7.59. The summed E-state index contributed by atoms with van der Waals surface area (Å²) in [5, 5.41) is 14.0. The van der Waals surface area contributed by atoms with Crippen LogP contribution in [0.5, 0.6) is 0 Å². The number of hydrogen-bond acceptors (Lipinski definition) is 4. The first kappa shape index (κ1) is 21.4. The van der Waals surface area contributed by atoms with Gasteiger partial charge in [-0.25, -0.2) is 4.79 Å². The third-order valence-corrected chi connectivity index (χ3v) is 5.35. The lowest BCUT2D eigenvalue weighted by Crippen LogP contribution is -2.40. The molecule has 0 radical (unpaired) electrons. The van der Waals surface area contributed by atoms with Crippen LogP contribution in [-0.4, -0.2) is 42.8 Å². The van der Waals surface area contributed by atoms with E-state index in [1.807, 2.05) is 36.4 Å². The fourth-order valence-corrected chi connectivity index (χ4v) is 3.49. The molecule has 7 heteroatoms. The van der Waals surface area contributed by atoms with Gasteiger partial charge in [0.2, 0.25) is 5.91 Å². The van der Waals surface area contributed by atoms with Crippen molar-refractivity contribution < 1.29 is 24.2 Å². The zero-order valence-electron chi connectivity index (χ0n) is 17.1. The lowest BCUT2D eigenvalue weighted by molar-refractivity contribution is -0.141. The standard InChI is InChI=1S/C23H26N2O5/c1-14(21(26)24-12-15(2)22(27)28)11-25-23(29)30-13-20-18-9-5-3-7-16(18)17-8-4-6-10-19(17)20/h3-10,14-15,20H,11-13H2,1-2H3,(H,24,26)(H,25,29)(H,27,28). The van der Waals surface area contributed by atoms with Crippen LogP contribution in [-0.2, 0) is 14.3 Å². The zero-order valence-corrected chi connectivity index (χ0v) is 17.1. The number of carbonyl (C=O) groups excluding carboxylic acids is 2. The number of hydrogen-bond donors (Lipinski definition) is 3. The SMILES string of the molecule is CC(CNC(=O)C(C)CNC(=O)OCC1c2ccccc2-c2ccccc21)C(=O)O. The first-order valence-corrected chi connectivity index (χ1v) is 9.97. The van der Waals surface area contributed by atoms with E-state index in [1.165, 1.54) is 6.92 Å². The van der Waals surface area contributed by atoms with Crippen molar-refractivity contribution in [2.45, 2.75) is 19.8 Å². The largest absolute Gasteiger partial charge is 0.481 e. The maximum absolute atomic E-state index is 12.2. The molecule has 2 amide bonds. The number of fused-ring (bicyclic) bond motifs is 3. The van der Waals surface area contributed by atoms with Crippen molar-refractivity contribution in [2.24, 2.45) is 11.8 Å². The molecule has 1 aliphatic rings. The number of nitrogens with one attached hydrogen (secondary N) is 2. The molecular formula is C23H26N2O5. The van der Waals surface area contributed by atoms with Gasteiger partial charge >= 0.3 is 12.1 Å². The van der Waals surface area contributed by atoms with Gasteiger partial charge in [0, 0.05) is 19.0 Å². The average molecular weight is 410 g/mol. The third-order valence-electron chi connectivity index (χ3n) is 5.35. The van der Waals surface area contributed by atoms with E-state index in [1.54, 1.807) is 6.92 Å². The van der Waals surface area contributed by atoms with Gasteiger partial charge in [0.25, 0.3) is 0 Å². The summed E-state index contributed by atoms with van der Waals surface area (Å²) in [6, 6.07) is 16.2. The van der Waals surface area contributed by atoms with Crippen molar-refractivity contribution in [2.75, 3.05) is 19.7 Å². The Bertz CT molecular complexity index is 897. The molecule has 2 atom stereocenters. The van der Waals surface area contributed by atoms with Crippen LogP contribution in [0.4, 0.5) is 4.79 Å². The Kier molecular flexibility index (Phi) is 6.72. The fourth-order valence-electron chi connectivity index (χ4n) is 3.49. The van der Waals surface area contributed by atoms with E-state index in [2.05, 4.69) is 22.8 Å². The Morgan fingerprint density at radius 3 is 2.00 bits per heavy atom. The molecule has 0 fully saturated rings. The average Bonchev–Trinajstić information content (AvgIpc) is 3.07. The predicted molar refractivity (Wildman–Crippen MR) is 112 cm³/mol. The summed E-state index contributed by atoms with van der Waals surface area (Å²) in [6.45, 7) is 3.52. The normalized spacial score (nSPS) is 14.2. The highest BCUT2D eigenvalue weighted by atomic mass is 16.5. The zero-order chi connectivity index (χ0) is 21.7. The Balaban J connectivity index is 1.49. The maximum atomic E-state index is 12.2. The van der Waals surface area contributed by atoms with Crippen molar-refractivity contribution in [3.63, 3.8) is 0 Å². The molecule has 0 heterocycles. The van der Waals surface area contributed by atoms with Crippen LogP contribution in [0.15, 0.2) is 48.5 Å². The topological polar surface area (TPSA) is 105 Å². The van der Waals surface area contributed by atoms with Crippen LogP contribution in [0.2, 0.25) is 0 Å². The van der Waals surface area contributed by atoms with Gasteiger partial charge in [-0.2, -0.15) is 0 Å². The van der Waals surface area contributed by atoms with Crippen molar-refractivity contribution in [1.82, 2.24) is 10.6 Å². The molecule has 1 aliphatic carbocycles. The number of rotatable bonds is 8. The van der Waals surface area contributed by atoms with Crippen LogP contribution in [0.25, 0.3) is 11.1 Å². The number of benzene rings is 2. The minimum Gasteiger partial charge on any atom is -0.481 e. The van der Waals surface area contributed by atoms with Gasteiger partial charge in [0.15, 0.2) is 0 Å². The van der Waals surface area contributed by atoms with E-state index in [0.717, 1.165) is 22.3 Å². The molecule has 3 rings (SSSR count). The number of carboxylic acids is 1. The lowest BCUT2D eigenvalue weighted by Gasteiger charge is -2.16. The van der Waals surface area contributed by atoms with E-state index in [9.17, 15) is 14.4 Å². The second-order valence-electron chi connectivity index (χ2n) is 7.59. The number of carbonyl (C=O) groups is 3. The molecule has 2 aromatic rings. The van der Waals surface area contributed by atoms with Crippen LogP contribution in [0.3, 0.4) is 0 Å². The quantitative estimate of drug-likeness (QED) is 0.621. The van der Waals surface area contributed by atoms with Crippen molar-refractivity contribution in [3.05, 3.63) is 59.7 Å². The summed E-state index contributed by atoms with van der Waals surface area (Å²) in [5.41, 5.74) is 4.57. The number of alkyl carbamates (subject to hydrolysis) is 1. The summed E-state index contributed by atoms with van der Waals surface area (Å²) in [6.07, 6.45) is -0.588. The van der Waals surface area contributed by atoms with Gasteiger partial charge in [0.1, 0.15) is 6.61 Å². The van der Waals surface area contributed by atoms with E-state index in [0.29, 0.717) is 0 Å². The van der Waals surface area contributed by atoms with Crippen LogP contribution < -0.4 is 10.6 Å². The Morgan fingerprint density at radius 2 is 1.43 bits per heavy atom. The first-order valence-electron chi connectivity index (χ1n) is 9.97. The van der Waals surface area contributed by atoms with E-state index in [-0.39, 0.29) is 31.5 Å². The molecule has 2 aromatic carbocycles. The number of ether oxygens (including phenoxy) is 1. The van der Waals surface area contributed by atoms with Crippen molar-refractivity contribution in [1.29, 1.82) is 0 Å². The summed E-state index contributed by atoms with van der Waals surface area (Å²) in [5.74, 6) is -2.49. The Morgan fingerprint density at radius 1 is 0.900 bits per heavy atom. The van der Waals surface area contributed by atoms with Crippen LogP contribution in [0, 0.1) is 11.8 Å². The number of carboxylic acid groups (broad SMARTS) is 1. The molecule has 0 aliphatic heterocycles. The van der Waals surface area contributed by atoms with Crippen LogP contribution in [0.1, 0.15) is 30.9 Å². The summed E-state index contributed by atoms with van der Waals surface area (Å²) in [7, 11) is 0. The van der Waals surface area contributed by atoms with E-state index in [4.69, 9.17) is 9.84 Å². The molecule has 158 valence electrons. The molecule has 0 spiro atoms. The van der Waals surface area contributed by atoms with Gasteiger partial charge in [0.05, 0.1) is 11.8 Å². The Hall–Kier alpha value is -3.35. The fraction of sp³-hybridized carbons (Fsp3) is 0.348. The molecule has 0 aromatic heterocycles. The summed E-state index contributed by atoms with van der Waals surface area (Å²) in [4.78, 5) is 35.0. The van der Waals surface area contributed by atoms with Crippen molar-refractivity contribution >= 4 is 18.0 Å². The molecule has 0 saturated heterocycles. The molecule has 0 saturated carbocycles. The number of amides is 2. The summed E-state index contributed by atoms with van der Waals surface area (Å²) < 4.78 is 5.44. The van der Waals surface area contributed by atoms with Gasteiger partial charge in [-0.3, -0.25) is 9.59 Å². The summed E-state index contributed by atoms with van der Waals surface area (Å²) >= 11 is 0. The highest BCUT2D eigenvalue weighted by Gasteiger charge is 2.29. The molecule has 30 heavy (non-hydrogen) atoms. The second kappa shape index (κ2) is 9.43. The van der Waals surface area contributed by atoms with Gasteiger partial charge in [-0.05, 0) is 22.3 Å². The highest BCUT2D eigenvalue weighted by Crippen LogP contribution is 2.44.